The normalized spacial score (nSPS) is 10.3. The molecule has 0 unspecified atom stereocenters. The largest absolute Gasteiger partial charge is 0.457 e. The maximum Gasteiger partial charge on any atom is 0.254 e. The van der Waals surface area contributed by atoms with Crippen molar-refractivity contribution >= 4 is 17.3 Å². The minimum Gasteiger partial charge on any atom is -0.457 e. The number of nitrogens with zero attached hydrogens (tertiary/aromatic N) is 4. The molecule has 5 rings (SSSR count). The van der Waals surface area contributed by atoms with Crippen LogP contribution >= 0.6 is 0 Å². The van der Waals surface area contributed by atoms with Crippen molar-refractivity contribution in [1.29, 1.82) is 0 Å². The van der Waals surface area contributed by atoms with E-state index in [9.17, 15) is 4.39 Å². The first-order valence-corrected chi connectivity index (χ1v) is 10.3. The van der Waals surface area contributed by atoms with E-state index in [1.54, 1.807) is 10.6 Å². The predicted octanol–water partition coefficient (Wildman–Crippen LogP) is 6.49. The van der Waals surface area contributed by atoms with Gasteiger partial charge in [-0.25, -0.2) is 4.39 Å². The minimum absolute atomic E-state index is 0.318. The number of halogens is 1. The van der Waals surface area contributed by atoms with Gasteiger partial charge in [-0.05, 0) is 48.5 Å². The molecule has 3 aromatic carbocycles. The third-order valence-corrected chi connectivity index (χ3v) is 4.48. The highest BCUT2D eigenvalue weighted by Gasteiger charge is 2.11. The average molecular weight is 427 g/mol. The van der Waals surface area contributed by atoms with Crippen LogP contribution in [-0.2, 0) is 0 Å². The van der Waals surface area contributed by atoms with Gasteiger partial charge < -0.3 is 10.1 Å². The highest BCUT2D eigenvalue weighted by Crippen LogP contribution is 2.27. The van der Waals surface area contributed by atoms with Crippen LogP contribution in [0.25, 0.3) is 17.0 Å². The third-order valence-electron chi connectivity index (χ3n) is 4.48. The van der Waals surface area contributed by atoms with Gasteiger partial charge in [-0.3, -0.25) is 0 Å². The van der Waals surface area contributed by atoms with Crippen molar-refractivity contribution in [3.05, 3.63) is 97.1 Å². The van der Waals surface area contributed by atoms with Crippen molar-refractivity contribution in [3.8, 4) is 22.8 Å². The Morgan fingerprint density at radius 1 is 0.844 bits per heavy atom. The number of fused-ring (bicyclic) bond motifs is 1. The summed E-state index contributed by atoms with van der Waals surface area (Å²) in [5, 5.41) is 7.46. The van der Waals surface area contributed by atoms with Crippen LogP contribution in [-0.4, -0.2) is 19.6 Å². The summed E-state index contributed by atoms with van der Waals surface area (Å²) in [6.45, 7) is 4.00. The van der Waals surface area contributed by atoms with E-state index < -0.39 is 0 Å². The zero-order valence-electron chi connectivity index (χ0n) is 17.7. The van der Waals surface area contributed by atoms with E-state index in [2.05, 4.69) is 20.4 Å². The quantitative estimate of drug-likeness (QED) is 0.347. The maximum atomic E-state index is 13.7. The highest BCUT2D eigenvalue weighted by atomic mass is 19.1. The van der Waals surface area contributed by atoms with Crippen molar-refractivity contribution in [2.45, 2.75) is 13.8 Å². The standard InChI is InChI=1S/C23H16FN5O.C2H6/c24-17-6-4-5-16(13-17)21-14-22(28-23-25-15-26-29(21)23)27-18-9-11-20(12-10-18)30-19-7-2-1-3-8-19;1-2/h1-15H,(H,25,26,27,28);1-2H3. The van der Waals surface area contributed by atoms with Crippen LogP contribution in [0.4, 0.5) is 15.9 Å². The van der Waals surface area contributed by atoms with E-state index in [0.717, 1.165) is 17.2 Å². The SMILES string of the molecule is CC.Fc1cccc(-c2cc(Nc3ccc(Oc4ccccc4)cc3)nc3ncnn23)c1. The number of ether oxygens (including phenoxy) is 1. The van der Waals surface area contributed by atoms with Crippen molar-refractivity contribution in [1.82, 2.24) is 19.6 Å². The molecule has 0 amide bonds. The van der Waals surface area contributed by atoms with Crippen LogP contribution in [0.15, 0.2) is 91.3 Å². The first kappa shape index (κ1) is 21.0. The predicted molar refractivity (Wildman–Crippen MR) is 124 cm³/mol. The number of hydrogen-bond donors (Lipinski definition) is 1. The molecule has 0 aliphatic heterocycles. The molecule has 160 valence electrons. The lowest BCUT2D eigenvalue weighted by molar-refractivity contribution is 0.483. The molecule has 2 heterocycles. The molecular weight excluding hydrogens is 405 g/mol. The average Bonchev–Trinajstić information content (AvgIpc) is 3.31. The third kappa shape index (κ3) is 4.73. The van der Waals surface area contributed by atoms with Crippen LogP contribution in [0.2, 0.25) is 0 Å². The van der Waals surface area contributed by atoms with Gasteiger partial charge in [-0.15, -0.1) is 0 Å². The minimum atomic E-state index is -0.318. The Morgan fingerprint density at radius 2 is 1.59 bits per heavy atom. The maximum absolute atomic E-state index is 13.7. The molecule has 5 aromatic rings. The molecule has 0 atom stereocenters. The molecule has 0 aliphatic rings. The Morgan fingerprint density at radius 3 is 2.34 bits per heavy atom. The molecule has 1 N–H and O–H groups in total. The van der Waals surface area contributed by atoms with Gasteiger partial charge in [0, 0.05) is 17.3 Å². The van der Waals surface area contributed by atoms with Crippen molar-refractivity contribution < 1.29 is 9.13 Å². The highest BCUT2D eigenvalue weighted by molar-refractivity contribution is 5.68. The van der Waals surface area contributed by atoms with E-state index in [4.69, 9.17) is 4.74 Å². The van der Waals surface area contributed by atoms with Gasteiger partial charge in [0.2, 0.25) is 0 Å². The molecule has 0 fully saturated rings. The number of anilines is 2. The zero-order chi connectivity index (χ0) is 22.3. The summed E-state index contributed by atoms with van der Waals surface area (Å²) in [4.78, 5) is 8.66. The fourth-order valence-corrected chi connectivity index (χ4v) is 3.11. The fourth-order valence-electron chi connectivity index (χ4n) is 3.11. The summed E-state index contributed by atoms with van der Waals surface area (Å²) in [5.41, 5.74) is 2.20. The Hall–Kier alpha value is -4.26. The molecular formula is C25H22FN5O. The molecule has 7 heteroatoms. The van der Waals surface area contributed by atoms with E-state index in [-0.39, 0.29) is 5.82 Å². The number of para-hydroxylation sites is 1. The smallest absolute Gasteiger partial charge is 0.254 e. The summed E-state index contributed by atoms with van der Waals surface area (Å²) >= 11 is 0. The van der Waals surface area contributed by atoms with E-state index in [1.165, 1.54) is 18.5 Å². The Labute approximate surface area is 185 Å². The van der Waals surface area contributed by atoms with Crippen molar-refractivity contribution in [3.63, 3.8) is 0 Å². The summed E-state index contributed by atoms with van der Waals surface area (Å²) in [6.07, 6.45) is 1.42. The van der Waals surface area contributed by atoms with Crippen molar-refractivity contribution in [2.75, 3.05) is 5.32 Å². The van der Waals surface area contributed by atoms with Crippen LogP contribution in [0.1, 0.15) is 13.8 Å². The number of rotatable bonds is 5. The van der Waals surface area contributed by atoms with Gasteiger partial charge in [-0.2, -0.15) is 19.6 Å². The van der Waals surface area contributed by atoms with Crippen LogP contribution in [0.3, 0.4) is 0 Å². The van der Waals surface area contributed by atoms with Gasteiger partial charge in [0.05, 0.1) is 5.69 Å². The van der Waals surface area contributed by atoms with E-state index in [1.807, 2.05) is 80.6 Å². The second-order valence-electron chi connectivity index (χ2n) is 6.57. The molecule has 0 radical (unpaired) electrons. The zero-order valence-corrected chi connectivity index (χ0v) is 17.7. The Kier molecular flexibility index (Phi) is 6.36. The van der Waals surface area contributed by atoms with Crippen LogP contribution in [0.5, 0.6) is 11.5 Å². The monoisotopic (exact) mass is 427 g/mol. The summed E-state index contributed by atoms with van der Waals surface area (Å²) in [7, 11) is 0. The van der Waals surface area contributed by atoms with Crippen molar-refractivity contribution in [2.24, 2.45) is 0 Å². The lowest BCUT2D eigenvalue weighted by atomic mass is 10.1. The number of benzene rings is 3. The van der Waals surface area contributed by atoms with Gasteiger partial charge in [0.15, 0.2) is 0 Å². The van der Waals surface area contributed by atoms with Gasteiger partial charge >= 0.3 is 0 Å². The summed E-state index contributed by atoms with van der Waals surface area (Å²) in [5.74, 6) is 2.18. The number of aromatic nitrogens is 4. The Bertz CT molecular complexity index is 1300. The lowest BCUT2D eigenvalue weighted by Gasteiger charge is -2.11. The fraction of sp³-hybridized carbons (Fsp3) is 0.0800. The molecule has 2 aromatic heterocycles. The molecule has 6 nitrogen and oxygen atoms in total. The molecule has 0 spiro atoms. The molecule has 32 heavy (non-hydrogen) atoms. The van der Waals surface area contributed by atoms with E-state index >= 15 is 0 Å². The van der Waals surface area contributed by atoms with Gasteiger partial charge in [0.1, 0.15) is 29.5 Å². The lowest BCUT2D eigenvalue weighted by Crippen LogP contribution is -2.01. The topological polar surface area (TPSA) is 64.3 Å². The van der Waals surface area contributed by atoms with Crippen LogP contribution < -0.4 is 10.1 Å². The van der Waals surface area contributed by atoms with E-state index in [0.29, 0.717) is 22.9 Å². The number of nitrogens with one attached hydrogen (secondary N) is 1. The number of hydrogen-bond acceptors (Lipinski definition) is 5. The molecule has 0 aliphatic carbocycles. The second-order valence-corrected chi connectivity index (χ2v) is 6.57. The second kappa shape index (κ2) is 9.70. The summed E-state index contributed by atoms with van der Waals surface area (Å²) < 4.78 is 21.1. The van der Waals surface area contributed by atoms with Crippen LogP contribution in [0, 0.1) is 5.82 Å². The van der Waals surface area contributed by atoms with Gasteiger partial charge in [-0.1, -0.05) is 44.2 Å². The first-order chi connectivity index (χ1) is 15.7. The molecule has 0 saturated carbocycles. The molecule has 0 bridgehead atoms. The molecule has 0 saturated heterocycles. The summed E-state index contributed by atoms with van der Waals surface area (Å²) in [6, 6.07) is 25.3. The first-order valence-electron chi connectivity index (χ1n) is 10.3. The Balaban J connectivity index is 0.00000119. The van der Waals surface area contributed by atoms with Gasteiger partial charge in [0.25, 0.3) is 5.78 Å².